The number of hydrogen-bond donors (Lipinski definition) is 1. The van der Waals surface area contributed by atoms with Gasteiger partial charge in [0.2, 0.25) is 5.75 Å². The molecular weight excluding hydrogens is 470 g/mol. The number of aromatic hydroxyl groups is 1. The second-order valence-corrected chi connectivity index (χ2v) is 9.43. The van der Waals surface area contributed by atoms with Gasteiger partial charge in [0.1, 0.15) is 7.05 Å². The summed E-state index contributed by atoms with van der Waals surface area (Å²) in [5.74, 6) is 0.356. The minimum Gasteiger partial charge on any atom is -0.501 e. The number of halogens is 2. The molecule has 3 aliphatic heterocycles. The lowest BCUT2D eigenvalue weighted by Crippen LogP contribution is -2.47. The maximum absolute atomic E-state index is 11.3. The van der Waals surface area contributed by atoms with Crippen LogP contribution >= 0.6 is 31.9 Å². The van der Waals surface area contributed by atoms with Gasteiger partial charge in [-0.05, 0) is 18.4 Å². The summed E-state index contributed by atoms with van der Waals surface area (Å²) in [5, 5.41) is 13.5. The molecule has 138 valence electrons. The Balaban J connectivity index is 1.97. The first-order valence-electron chi connectivity index (χ1n) is 9.06. The van der Waals surface area contributed by atoms with Crippen molar-refractivity contribution in [3.05, 3.63) is 49.4 Å². The van der Waals surface area contributed by atoms with Gasteiger partial charge in [-0.15, -0.1) is 0 Å². The third-order valence-corrected chi connectivity index (χ3v) is 7.54. The lowest BCUT2D eigenvalue weighted by molar-refractivity contribution is -0.397. The van der Waals surface area contributed by atoms with Crippen LogP contribution in [0.4, 0.5) is 11.4 Å². The van der Waals surface area contributed by atoms with E-state index in [1.807, 2.05) is 11.6 Å². The first kappa shape index (κ1) is 17.4. The van der Waals surface area contributed by atoms with E-state index in [4.69, 9.17) is 4.99 Å². The van der Waals surface area contributed by atoms with Gasteiger partial charge in [0.05, 0.1) is 16.3 Å². The second kappa shape index (κ2) is 5.67. The Bertz CT molecular complexity index is 1140. The van der Waals surface area contributed by atoms with Gasteiger partial charge in [0.25, 0.3) is 5.69 Å². The molecule has 27 heavy (non-hydrogen) atoms. The van der Waals surface area contributed by atoms with Crippen LogP contribution in [-0.2, 0) is 5.41 Å². The molecule has 5 rings (SSSR count). The quantitative estimate of drug-likeness (QED) is 0.568. The topological polar surface area (TPSA) is 38.8 Å². The Labute approximate surface area is 174 Å². The number of fused-ring (bicyclic) bond motifs is 3. The van der Waals surface area contributed by atoms with E-state index in [9.17, 15) is 5.11 Å². The average Bonchev–Trinajstić information content (AvgIpc) is 2.97. The Morgan fingerprint density at radius 2 is 2.00 bits per heavy atom. The standard InChI is InChI=1S/C21H19Br2N3O/c1-11-13(22)8-21(9-14(11)23)5-7-25(2)19-16(21)17-15-12(4-6-24-17)10-26(3)18(15)20(19)27/h8-10H,1,4-7H2,2-3H3/p+1. The molecule has 0 unspecified atom stereocenters. The van der Waals surface area contributed by atoms with Gasteiger partial charge < -0.3 is 10.0 Å². The zero-order valence-electron chi connectivity index (χ0n) is 15.3. The molecule has 1 aromatic rings. The van der Waals surface area contributed by atoms with Crippen LogP contribution in [-0.4, -0.2) is 43.1 Å². The molecule has 0 aromatic heterocycles. The molecule has 0 bridgehead atoms. The number of anilines is 1. The summed E-state index contributed by atoms with van der Waals surface area (Å²) in [6.45, 7) is 5.78. The number of nitrogens with zero attached hydrogens (tertiary/aromatic N) is 3. The largest absolute Gasteiger partial charge is 0.501 e. The molecule has 0 fully saturated rings. The summed E-state index contributed by atoms with van der Waals surface area (Å²) in [6.07, 6.45) is 8.45. The van der Waals surface area contributed by atoms with E-state index in [0.717, 1.165) is 68.0 Å². The van der Waals surface area contributed by atoms with E-state index < -0.39 is 0 Å². The van der Waals surface area contributed by atoms with E-state index in [-0.39, 0.29) is 5.41 Å². The van der Waals surface area contributed by atoms with Crippen molar-refractivity contribution < 1.29 is 9.68 Å². The van der Waals surface area contributed by atoms with Gasteiger partial charge in [0.15, 0.2) is 6.21 Å². The molecule has 0 saturated heterocycles. The fraction of sp³-hybridized carbons (Fsp3) is 0.333. The zero-order valence-corrected chi connectivity index (χ0v) is 18.5. The van der Waals surface area contributed by atoms with Crippen molar-refractivity contribution in [3.8, 4) is 5.75 Å². The third-order valence-electron chi connectivity index (χ3n) is 6.12. The van der Waals surface area contributed by atoms with Gasteiger partial charge in [-0.3, -0.25) is 4.99 Å². The smallest absolute Gasteiger partial charge is 0.259 e. The van der Waals surface area contributed by atoms with Crippen LogP contribution in [0.25, 0.3) is 5.57 Å². The van der Waals surface area contributed by atoms with Gasteiger partial charge in [-0.1, -0.05) is 50.6 Å². The van der Waals surface area contributed by atoms with E-state index >= 15 is 0 Å². The number of phenols is 1. The fourth-order valence-corrected chi connectivity index (χ4v) is 6.33. The van der Waals surface area contributed by atoms with Crippen molar-refractivity contribution in [3.63, 3.8) is 0 Å². The van der Waals surface area contributed by atoms with Gasteiger partial charge in [-0.25, -0.2) is 0 Å². The van der Waals surface area contributed by atoms with Crippen LogP contribution in [0.15, 0.2) is 38.3 Å². The Morgan fingerprint density at radius 3 is 2.70 bits per heavy atom. The average molecular weight is 490 g/mol. The molecule has 4 nitrogen and oxygen atoms in total. The molecule has 3 heterocycles. The van der Waals surface area contributed by atoms with E-state index in [1.165, 1.54) is 5.57 Å². The molecule has 0 radical (unpaired) electrons. The zero-order chi connectivity index (χ0) is 19.1. The molecular formula is C21H20Br2N3O+. The molecule has 0 amide bonds. The summed E-state index contributed by atoms with van der Waals surface area (Å²) in [7, 11) is 4.05. The number of rotatable bonds is 0. The summed E-state index contributed by atoms with van der Waals surface area (Å²) in [6, 6.07) is 0. The molecule has 1 aliphatic carbocycles. The van der Waals surface area contributed by atoms with Crippen LogP contribution in [0.3, 0.4) is 0 Å². The van der Waals surface area contributed by atoms with Gasteiger partial charge in [-0.2, -0.15) is 4.58 Å². The lowest BCUT2D eigenvalue weighted by atomic mass is 9.70. The number of phenolic OH excluding ortho intramolecular Hbond substituents is 1. The van der Waals surface area contributed by atoms with Crippen molar-refractivity contribution in [2.45, 2.75) is 18.3 Å². The Hall–Kier alpha value is -1.66. The summed E-state index contributed by atoms with van der Waals surface area (Å²) in [5.41, 5.74) is 4.77. The second-order valence-electron chi connectivity index (χ2n) is 7.72. The van der Waals surface area contributed by atoms with Crippen LogP contribution < -0.4 is 15.5 Å². The van der Waals surface area contributed by atoms with Crippen molar-refractivity contribution in [1.82, 2.24) is 0 Å². The highest BCUT2D eigenvalue weighted by atomic mass is 79.9. The predicted molar refractivity (Wildman–Crippen MR) is 116 cm³/mol. The third kappa shape index (κ3) is 2.20. The van der Waals surface area contributed by atoms with Crippen LogP contribution in [0.1, 0.15) is 18.4 Å². The molecule has 1 spiro atoms. The lowest BCUT2D eigenvalue weighted by Gasteiger charge is -2.42. The first-order valence-corrected chi connectivity index (χ1v) is 10.6. The van der Waals surface area contributed by atoms with Crippen LogP contribution in [0.5, 0.6) is 5.75 Å². The molecule has 4 aliphatic rings. The Morgan fingerprint density at radius 1 is 1.30 bits per heavy atom. The fourth-order valence-electron chi connectivity index (χ4n) is 4.82. The minimum atomic E-state index is -0.324. The number of benzene rings is 1. The highest BCUT2D eigenvalue weighted by molar-refractivity contribution is 9.12. The molecule has 1 N–H and O–H groups in total. The molecule has 0 atom stereocenters. The summed E-state index contributed by atoms with van der Waals surface area (Å²) < 4.78 is 4.02. The molecule has 6 heteroatoms. The monoisotopic (exact) mass is 488 g/mol. The summed E-state index contributed by atoms with van der Waals surface area (Å²) >= 11 is 7.40. The van der Waals surface area contributed by atoms with Crippen LogP contribution in [0, 0.1) is 0 Å². The van der Waals surface area contributed by atoms with Crippen molar-refractivity contribution in [1.29, 1.82) is 0 Å². The number of allylic oxidation sites excluding steroid dienone is 5. The SMILES string of the molecule is C=C1C(Br)=CC2(C=C1Br)CCN(C)c1c(O)c3c4c(c12)=NCCC=4C=[N+]3C. The van der Waals surface area contributed by atoms with Gasteiger partial charge >= 0.3 is 0 Å². The molecule has 1 aromatic carbocycles. The molecule has 0 saturated carbocycles. The maximum atomic E-state index is 11.3. The first-order chi connectivity index (χ1) is 12.8. The van der Waals surface area contributed by atoms with Crippen molar-refractivity contribution in [2.75, 3.05) is 32.1 Å². The van der Waals surface area contributed by atoms with Crippen LogP contribution in [0.2, 0.25) is 0 Å². The van der Waals surface area contributed by atoms with E-state index in [1.54, 1.807) is 0 Å². The predicted octanol–water partition coefficient (Wildman–Crippen LogP) is 3.13. The maximum Gasteiger partial charge on any atom is 0.259 e. The normalized spacial score (nSPS) is 22.1. The van der Waals surface area contributed by atoms with E-state index in [0.29, 0.717) is 5.75 Å². The van der Waals surface area contributed by atoms with Gasteiger partial charge in [0, 0.05) is 45.7 Å². The Kier molecular flexibility index (Phi) is 3.66. The van der Waals surface area contributed by atoms with Crippen molar-refractivity contribution >= 4 is 55.0 Å². The highest BCUT2D eigenvalue weighted by Gasteiger charge is 2.44. The van der Waals surface area contributed by atoms with Crippen molar-refractivity contribution in [2.24, 2.45) is 4.99 Å². The highest BCUT2D eigenvalue weighted by Crippen LogP contribution is 2.51. The number of hydrogen-bond acceptors (Lipinski definition) is 3. The minimum absolute atomic E-state index is 0.324. The summed E-state index contributed by atoms with van der Waals surface area (Å²) in [4.78, 5) is 7.13. The van der Waals surface area contributed by atoms with E-state index in [2.05, 4.69) is 68.8 Å².